The van der Waals surface area contributed by atoms with E-state index < -0.39 is 0 Å². The minimum atomic E-state index is 0.0273. The van der Waals surface area contributed by atoms with Crippen LogP contribution in [0.15, 0.2) is 24.3 Å². The molecular formula is C15H21NOS2. The summed E-state index contributed by atoms with van der Waals surface area (Å²) in [4.78, 5) is 12.1. The fourth-order valence-electron chi connectivity index (χ4n) is 1.80. The smallest absolute Gasteiger partial charge is 0.251 e. The van der Waals surface area contributed by atoms with Gasteiger partial charge in [0.05, 0.1) is 4.58 Å². The van der Waals surface area contributed by atoms with Gasteiger partial charge in [-0.25, -0.2) is 0 Å². The van der Waals surface area contributed by atoms with Gasteiger partial charge in [-0.15, -0.1) is 23.5 Å². The van der Waals surface area contributed by atoms with Crippen molar-refractivity contribution in [1.29, 1.82) is 0 Å². The van der Waals surface area contributed by atoms with E-state index in [1.54, 1.807) is 0 Å². The number of carbonyl (C=O) groups is 1. The van der Waals surface area contributed by atoms with Crippen molar-refractivity contribution in [2.45, 2.75) is 31.4 Å². The van der Waals surface area contributed by atoms with E-state index in [0.717, 1.165) is 5.56 Å². The van der Waals surface area contributed by atoms with Gasteiger partial charge in [-0.3, -0.25) is 4.79 Å². The van der Waals surface area contributed by atoms with Crippen molar-refractivity contribution in [3.63, 3.8) is 0 Å². The lowest BCUT2D eigenvalue weighted by Crippen LogP contribution is -2.36. The Morgan fingerprint density at radius 3 is 2.26 bits per heavy atom. The maximum absolute atomic E-state index is 12.1. The van der Waals surface area contributed by atoms with Crippen LogP contribution in [0.5, 0.6) is 0 Å². The van der Waals surface area contributed by atoms with Gasteiger partial charge in [0, 0.05) is 23.1 Å². The van der Waals surface area contributed by atoms with Crippen molar-refractivity contribution >= 4 is 29.4 Å². The second kappa shape index (κ2) is 6.71. The standard InChI is InChI=1S/C15H21NOS2/c1-10(2)11(3)16-14(17)12-4-6-13(7-5-12)15-18-8-9-19-15/h4-7,10-11,15H,8-9H2,1-3H3,(H,16,17). The van der Waals surface area contributed by atoms with Crippen molar-refractivity contribution in [3.05, 3.63) is 35.4 Å². The molecule has 1 aliphatic rings. The Labute approximate surface area is 124 Å². The fourth-order valence-corrected chi connectivity index (χ4v) is 4.66. The van der Waals surface area contributed by atoms with Gasteiger partial charge in [-0.1, -0.05) is 26.0 Å². The molecule has 2 nitrogen and oxygen atoms in total. The third-order valence-corrected chi connectivity index (χ3v) is 6.53. The Morgan fingerprint density at radius 1 is 1.16 bits per heavy atom. The van der Waals surface area contributed by atoms with Crippen molar-refractivity contribution in [1.82, 2.24) is 5.32 Å². The summed E-state index contributed by atoms with van der Waals surface area (Å²) in [6, 6.07) is 8.26. The number of carbonyl (C=O) groups excluding carboxylic acids is 1. The van der Waals surface area contributed by atoms with Gasteiger partial charge < -0.3 is 5.32 Å². The minimum Gasteiger partial charge on any atom is -0.349 e. The van der Waals surface area contributed by atoms with Gasteiger partial charge in [0.25, 0.3) is 5.91 Å². The van der Waals surface area contributed by atoms with Crippen LogP contribution < -0.4 is 5.32 Å². The number of hydrogen-bond donors (Lipinski definition) is 1. The first-order chi connectivity index (χ1) is 9.08. The molecule has 1 aliphatic heterocycles. The summed E-state index contributed by atoms with van der Waals surface area (Å²) in [5.74, 6) is 2.93. The van der Waals surface area contributed by atoms with E-state index in [1.165, 1.54) is 17.1 Å². The molecule has 1 aromatic rings. The molecule has 104 valence electrons. The van der Waals surface area contributed by atoms with Gasteiger partial charge in [0.2, 0.25) is 0 Å². The van der Waals surface area contributed by atoms with Crippen LogP contribution in [0.3, 0.4) is 0 Å². The molecule has 1 heterocycles. The third kappa shape index (κ3) is 3.93. The average molecular weight is 295 g/mol. The van der Waals surface area contributed by atoms with Crippen LogP contribution in [0.4, 0.5) is 0 Å². The van der Waals surface area contributed by atoms with Crippen molar-refractivity contribution < 1.29 is 4.79 Å². The number of hydrogen-bond acceptors (Lipinski definition) is 3. The molecule has 1 N–H and O–H groups in total. The molecule has 2 rings (SSSR count). The molecule has 4 heteroatoms. The first-order valence-corrected chi connectivity index (χ1v) is 8.81. The van der Waals surface area contributed by atoms with Gasteiger partial charge >= 0.3 is 0 Å². The van der Waals surface area contributed by atoms with E-state index in [4.69, 9.17) is 0 Å². The fraction of sp³-hybridized carbons (Fsp3) is 0.533. The summed E-state index contributed by atoms with van der Waals surface area (Å²) < 4.78 is 0.548. The summed E-state index contributed by atoms with van der Waals surface area (Å²) in [5, 5.41) is 3.04. The predicted molar refractivity (Wildman–Crippen MR) is 85.9 cm³/mol. The van der Waals surface area contributed by atoms with Gasteiger partial charge in [0.1, 0.15) is 0 Å². The van der Waals surface area contributed by atoms with Gasteiger partial charge in [0.15, 0.2) is 0 Å². The highest BCUT2D eigenvalue weighted by molar-refractivity contribution is 8.19. The maximum atomic E-state index is 12.1. The second-order valence-corrected chi connectivity index (χ2v) is 7.93. The second-order valence-electron chi connectivity index (χ2n) is 5.20. The lowest BCUT2D eigenvalue weighted by Gasteiger charge is -2.17. The summed E-state index contributed by atoms with van der Waals surface area (Å²) in [6.07, 6.45) is 0. The molecule has 0 radical (unpaired) electrons. The Kier molecular flexibility index (Phi) is 5.22. The number of rotatable bonds is 4. The molecule has 0 bridgehead atoms. The van der Waals surface area contributed by atoms with Crippen LogP contribution in [0.1, 0.15) is 41.3 Å². The highest BCUT2D eigenvalue weighted by atomic mass is 32.2. The Hall–Kier alpha value is -0.610. The Bertz CT molecular complexity index is 424. The van der Waals surface area contributed by atoms with Crippen LogP contribution in [0.2, 0.25) is 0 Å². The van der Waals surface area contributed by atoms with Crippen LogP contribution >= 0.6 is 23.5 Å². The zero-order valence-corrected chi connectivity index (χ0v) is 13.3. The molecule has 1 atom stereocenters. The molecule has 0 aromatic heterocycles. The molecule has 0 spiro atoms. The lowest BCUT2D eigenvalue weighted by atomic mass is 10.1. The molecule has 19 heavy (non-hydrogen) atoms. The van der Waals surface area contributed by atoms with Crippen molar-refractivity contribution in [2.75, 3.05) is 11.5 Å². The molecule has 0 saturated carbocycles. The van der Waals surface area contributed by atoms with Crippen molar-refractivity contribution in [3.8, 4) is 0 Å². The van der Waals surface area contributed by atoms with E-state index in [2.05, 4.69) is 31.3 Å². The molecular weight excluding hydrogens is 274 g/mol. The molecule has 1 amide bonds. The number of nitrogens with one attached hydrogen (secondary N) is 1. The van der Waals surface area contributed by atoms with E-state index in [0.29, 0.717) is 10.5 Å². The number of benzene rings is 1. The maximum Gasteiger partial charge on any atom is 0.251 e. The van der Waals surface area contributed by atoms with Crippen LogP contribution in [-0.4, -0.2) is 23.5 Å². The summed E-state index contributed by atoms with van der Waals surface area (Å²) in [6.45, 7) is 6.27. The highest BCUT2D eigenvalue weighted by Gasteiger charge is 2.18. The molecule has 1 fully saturated rings. The third-order valence-electron chi connectivity index (χ3n) is 3.43. The Morgan fingerprint density at radius 2 is 1.74 bits per heavy atom. The minimum absolute atomic E-state index is 0.0273. The number of thioether (sulfide) groups is 2. The van der Waals surface area contributed by atoms with Gasteiger partial charge in [-0.05, 0) is 30.5 Å². The SMILES string of the molecule is CC(C)C(C)NC(=O)c1ccc(C2SCCS2)cc1. The predicted octanol–water partition coefficient (Wildman–Crippen LogP) is 3.94. The molecule has 1 saturated heterocycles. The van der Waals surface area contributed by atoms with Crippen LogP contribution in [0.25, 0.3) is 0 Å². The van der Waals surface area contributed by atoms with E-state index in [1.807, 2.05) is 42.6 Å². The monoisotopic (exact) mass is 295 g/mol. The largest absolute Gasteiger partial charge is 0.349 e. The first-order valence-electron chi connectivity index (χ1n) is 6.72. The summed E-state index contributed by atoms with van der Waals surface area (Å²) in [5.41, 5.74) is 2.07. The van der Waals surface area contributed by atoms with E-state index >= 15 is 0 Å². The van der Waals surface area contributed by atoms with Gasteiger partial charge in [-0.2, -0.15) is 0 Å². The van der Waals surface area contributed by atoms with Crippen LogP contribution in [0, 0.1) is 5.92 Å². The number of amides is 1. The van der Waals surface area contributed by atoms with Crippen molar-refractivity contribution in [2.24, 2.45) is 5.92 Å². The van der Waals surface area contributed by atoms with E-state index in [-0.39, 0.29) is 11.9 Å². The normalized spacial score (nSPS) is 17.7. The molecule has 1 unspecified atom stereocenters. The first kappa shape index (κ1) is 14.8. The molecule has 1 aromatic carbocycles. The zero-order valence-electron chi connectivity index (χ0n) is 11.7. The highest BCUT2D eigenvalue weighted by Crippen LogP contribution is 2.45. The summed E-state index contributed by atoms with van der Waals surface area (Å²) in [7, 11) is 0. The molecule has 0 aliphatic carbocycles. The Balaban J connectivity index is 1.99. The van der Waals surface area contributed by atoms with Crippen LogP contribution in [-0.2, 0) is 0 Å². The summed E-state index contributed by atoms with van der Waals surface area (Å²) >= 11 is 3.97. The lowest BCUT2D eigenvalue weighted by molar-refractivity contribution is 0.0930. The topological polar surface area (TPSA) is 29.1 Å². The zero-order chi connectivity index (χ0) is 13.8. The van der Waals surface area contributed by atoms with E-state index in [9.17, 15) is 4.79 Å². The quantitative estimate of drug-likeness (QED) is 0.912. The average Bonchev–Trinajstić information content (AvgIpc) is 2.92.